The van der Waals surface area contributed by atoms with E-state index in [9.17, 15) is 14.7 Å². The summed E-state index contributed by atoms with van der Waals surface area (Å²) in [5, 5.41) is 10.9. The van der Waals surface area contributed by atoms with Gasteiger partial charge in [0.2, 0.25) is 5.12 Å². The van der Waals surface area contributed by atoms with Gasteiger partial charge in [-0.25, -0.2) is 4.39 Å². The second-order valence-corrected chi connectivity index (χ2v) is 10.1. The lowest BCUT2D eigenvalue weighted by atomic mass is 9.46. The molecule has 4 nitrogen and oxygen atoms in total. The van der Waals surface area contributed by atoms with Gasteiger partial charge in [0.1, 0.15) is 17.4 Å². The number of epoxide rings is 1. The first-order chi connectivity index (χ1) is 12.5. The van der Waals surface area contributed by atoms with Crippen LogP contribution in [-0.4, -0.2) is 39.5 Å². The second kappa shape index (κ2) is 4.95. The maximum Gasteiger partial charge on any atom is 0.218 e. The monoisotopic (exact) mass is 392 g/mol. The Morgan fingerprint density at radius 3 is 2.70 bits per heavy atom. The molecular weight excluding hydrogens is 367 g/mol. The molecule has 0 radical (unpaired) electrons. The van der Waals surface area contributed by atoms with Crippen molar-refractivity contribution in [3.63, 3.8) is 0 Å². The van der Waals surface area contributed by atoms with Gasteiger partial charge in [-0.3, -0.25) is 9.59 Å². The molecule has 4 aliphatic carbocycles. The van der Waals surface area contributed by atoms with Crippen LogP contribution in [0, 0.1) is 28.6 Å². The highest BCUT2D eigenvalue weighted by Gasteiger charge is 2.82. The summed E-state index contributed by atoms with van der Waals surface area (Å²) in [6.45, 7) is 5.80. The average Bonchev–Trinajstić information content (AvgIpc) is 3.27. The standard InChI is InChI=1S/C21H25FO4S/c1-10-6-12-13-8-15(22)14-7-11(23)4-5-18(14,2)21(13)16(26-21)9-19(12,3)20(10,25)17(24)27/h4-5,7,10,12-13,15-16,25H,6,8-9H2,1-3H3,(H,24,27)/t10-,12?,13?,15+,16-,18+,19+,20+,21?/m1/s1. The van der Waals surface area contributed by atoms with Crippen LogP contribution in [0.15, 0.2) is 23.8 Å². The quantitative estimate of drug-likeness (QED) is 0.532. The first-order valence-electron chi connectivity index (χ1n) is 9.75. The van der Waals surface area contributed by atoms with Crippen LogP contribution in [0.4, 0.5) is 4.39 Å². The van der Waals surface area contributed by atoms with Crippen molar-refractivity contribution in [3.05, 3.63) is 23.8 Å². The predicted octanol–water partition coefficient (Wildman–Crippen LogP) is 2.81. The number of allylic oxidation sites excluding steroid dienone is 2. The lowest BCUT2D eigenvalue weighted by molar-refractivity contribution is -0.153. The van der Waals surface area contributed by atoms with Gasteiger partial charge in [0, 0.05) is 10.8 Å². The smallest absolute Gasteiger partial charge is 0.218 e. The number of hydrogen-bond acceptors (Lipinski definition) is 4. The summed E-state index contributed by atoms with van der Waals surface area (Å²) >= 11 is 4.03. The minimum absolute atomic E-state index is 0.0324. The van der Waals surface area contributed by atoms with Gasteiger partial charge in [0.25, 0.3) is 0 Å². The third kappa shape index (κ3) is 1.75. The number of thiol groups is 1. The van der Waals surface area contributed by atoms with Crippen molar-refractivity contribution in [2.75, 3.05) is 0 Å². The number of halogens is 1. The molecule has 0 amide bonds. The molecule has 0 bridgehead atoms. The SMILES string of the molecule is C[C@@H]1CC2C3C[C@H](F)C4=CC(=O)C=C[C@]4(C)C34O[C@@H]4C[C@]2(C)[C@@]1(O)C(=O)S. The van der Waals surface area contributed by atoms with Crippen LogP contribution in [0.1, 0.15) is 40.0 Å². The molecule has 9 atom stereocenters. The summed E-state index contributed by atoms with van der Waals surface area (Å²) in [5.74, 6) is -0.559. The van der Waals surface area contributed by atoms with E-state index >= 15 is 4.39 Å². The molecule has 1 heterocycles. The molecule has 27 heavy (non-hydrogen) atoms. The second-order valence-electron chi connectivity index (χ2n) is 9.68. The lowest BCUT2D eigenvalue weighted by Gasteiger charge is -2.56. The van der Waals surface area contributed by atoms with E-state index in [1.54, 1.807) is 0 Å². The van der Waals surface area contributed by atoms with Crippen molar-refractivity contribution in [2.24, 2.45) is 28.6 Å². The van der Waals surface area contributed by atoms with E-state index < -0.39 is 33.3 Å². The fourth-order valence-corrected chi connectivity index (χ4v) is 7.91. The Morgan fingerprint density at radius 2 is 2.04 bits per heavy atom. The Labute approximate surface area is 163 Å². The molecule has 4 fully saturated rings. The summed E-state index contributed by atoms with van der Waals surface area (Å²) < 4.78 is 21.6. The van der Waals surface area contributed by atoms with Gasteiger partial charge in [-0.15, -0.1) is 12.6 Å². The topological polar surface area (TPSA) is 66.9 Å². The molecule has 0 aromatic rings. The number of alkyl halides is 1. The fraction of sp³-hybridized carbons (Fsp3) is 0.714. The summed E-state index contributed by atoms with van der Waals surface area (Å²) in [6.07, 6.45) is 4.85. The molecule has 0 aromatic carbocycles. The average molecular weight is 392 g/mol. The molecule has 5 rings (SSSR count). The van der Waals surface area contributed by atoms with Crippen LogP contribution in [0.2, 0.25) is 0 Å². The molecule has 1 N–H and O–H groups in total. The minimum Gasteiger partial charge on any atom is -0.380 e. The zero-order valence-electron chi connectivity index (χ0n) is 15.7. The van der Waals surface area contributed by atoms with E-state index in [2.05, 4.69) is 12.6 Å². The van der Waals surface area contributed by atoms with Gasteiger partial charge in [-0.2, -0.15) is 0 Å². The molecule has 3 saturated carbocycles. The van der Waals surface area contributed by atoms with Crippen LogP contribution in [0.3, 0.4) is 0 Å². The Hall–Kier alpha value is -0.980. The van der Waals surface area contributed by atoms with Crippen LogP contribution in [-0.2, 0) is 14.3 Å². The maximum absolute atomic E-state index is 15.3. The van der Waals surface area contributed by atoms with Gasteiger partial charge in [0.15, 0.2) is 5.78 Å². The number of ketones is 1. The zero-order chi connectivity index (χ0) is 19.6. The van der Waals surface area contributed by atoms with Crippen LogP contribution >= 0.6 is 12.6 Å². The molecule has 5 aliphatic rings. The number of carbonyl (C=O) groups excluding carboxylic acids is 2. The van der Waals surface area contributed by atoms with Crippen LogP contribution in [0.5, 0.6) is 0 Å². The maximum atomic E-state index is 15.3. The molecule has 146 valence electrons. The van der Waals surface area contributed by atoms with Crippen molar-refractivity contribution in [3.8, 4) is 0 Å². The number of fused-ring (bicyclic) bond motifs is 3. The number of rotatable bonds is 1. The Bertz CT molecular complexity index is 838. The summed E-state index contributed by atoms with van der Waals surface area (Å²) in [4.78, 5) is 24.2. The molecule has 1 aliphatic heterocycles. The van der Waals surface area contributed by atoms with Crippen molar-refractivity contribution >= 4 is 23.5 Å². The van der Waals surface area contributed by atoms with Crippen molar-refractivity contribution in [2.45, 2.75) is 63.5 Å². The lowest BCUT2D eigenvalue weighted by Crippen LogP contribution is -2.62. The van der Waals surface area contributed by atoms with E-state index in [-0.39, 0.29) is 36.1 Å². The highest BCUT2D eigenvalue weighted by atomic mass is 32.1. The predicted molar refractivity (Wildman–Crippen MR) is 99.9 cm³/mol. The first-order valence-corrected chi connectivity index (χ1v) is 10.2. The normalized spacial score (nSPS) is 57.9. The largest absolute Gasteiger partial charge is 0.380 e. The molecule has 0 aromatic heterocycles. The van der Waals surface area contributed by atoms with Gasteiger partial charge >= 0.3 is 0 Å². The molecular formula is C21H25FO4S. The van der Waals surface area contributed by atoms with E-state index in [1.807, 2.05) is 26.8 Å². The third-order valence-electron chi connectivity index (χ3n) is 8.83. The van der Waals surface area contributed by atoms with Crippen molar-refractivity contribution in [1.29, 1.82) is 0 Å². The van der Waals surface area contributed by atoms with Gasteiger partial charge in [-0.05, 0) is 61.7 Å². The summed E-state index contributed by atoms with van der Waals surface area (Å²) in [5.41, 5.74) is -2.91. The summed E-state index contributed by atoms with van der Waals surface area (Å²) in [7, 11) is 0. The van der Waals surface area contributed by atoms with E-state index in [4.69, 9.17) is 4.74 Å². The van der Waals surface area contributed by atoms with Gasteiger partial charge in [-0.1, -0.05) is 19.9 Å². The fourth-order valence-electron chi connectivity index (χ4n) is 7.43. The molecule has 1 saturated heterocycles. The minimum atomic E-state index is -1.53. The summed E-state index contributed by atoms with van der Waals surface area (Å²) in [6, 6.07) is 0. The number of aliphatic hydroxyl groups is 1. The number of carbonyl (C=O) groups is 2. The van der Waals surface area contributed by atoms with E-state index in [1.165, 1.54) is 12.2 Å². The van der Waals surface area contributed by atoms with Gasteiger partial charge in [0.05, 0.1) is 6.10 Å². The van der Waals surface area contributed by atoms with Gasteiger partial charge < -0.3 is 9.84 Å². The highest BCUT2D eigenvalue weighted by molar-refractivity contribution is 7.96. The number of ether oxygens (including phenoxy) is 1. The van der Waals surface area contributed by atoms with E-state index in [0.29, 0.717) is 18.4 Å². The van der Waals surface area contributed by atoms with Crippen molar-refractivity contribution in [1.82, 2.24) is 0 Å². The molecule has 6 heteroatoms. The highest BCUT2D eigenvalue weighted by Crippen LogP contribution is 2.76. The number of hydrogen-bond donors (Lipinski definition) is 2. The third-order valence-corrected chi connectivity index (χ3v) is 9.17. The molecule has 1 spiro atoms. The first kappa shape index (κ1) is 18.1. The molecule has 3 unspecified atom stereocenters. The Balaban J connectivity index is 1.64. The van der Waals surface area contributed by atoms with Crippen LogP contribution < -0.4 is 0 Å². The zero-order valence-corrected chi connectivity index (χ0v) is 16.6. The van der Waals surface area contributed by atoms with Crippen molar-refractivity contribution < 1.29 is 23.8 Å². The Morgan fingerprint density at radius 1 is 1.33 bits per heavy atom. The van der Waals surface area contributed by atoms with Crippen LogP contribution in [0.25, 0.3) is 0 Å². The Kier molecular flexibility index (Phi) is 3.31. The van der Waals surface area contributed by atoms with E-state index in [0.717, 1.165) is 0 Å².